The number of benzene rings is 2. The van der Waals surface area contributed by atoms with Gasteiger partial charge in [-0.05, 0) is 48.9 Å². The van der Waals surface area contributed by atoms with Crippen molar-refractivity contribution in [3.05, 3.63) is 57.6 Å². The second-order valence-corrected chi connectivity index (χ2v) is 9.60. The molecule has 0 N–H and O–H groups in total. The first-order chi connectivity index (χ1) is 12.7. The maximum atomic E-state index is 12.9. The van der Waals surface area contributed by atoms with Crippen LogP contribution in [0, 0.1) is 12.7 Å². The van der Waals surface area contributed by atoms with Gasteiger partial charge >= 0.3 is 0 Å². The second kappa shape index (κ2) is 7.53. The third kappa shape index (κ3) is 4.28. The van der Waals surface area contributed by atoms with E-state index in [2.05, 4.69) is 4.99 Å². The Kier molecular flexibility index (Phi) is 5.50. The minimum atomic E-state index is -3.68. The first kappa shape index (κ1) is 19.7. The van der Waals surface area contributed by atoms with Crippen molar-refractivity contribution in [3.63, 3.8) is 0 Å². The van der Waals surface area contributed by atoms with E-state index in [0.29, 0.717) is 9.82 Å². The highest BCUT2D eigenvalue weighted by atomic mass is 35.5. The van der Waals surface area contributed by atoms with Crippen LogP contribution in [0.15, 0.2) is 46.3 Å². The Balaban J connectivity index is 1.83. The quantitative estimate of drug-likeness (QED) is 0.598. The number of amides is 1. The number of aromatic nitrogens is 1. The van der Waals surface area contributed by atoms with Crippen molar-refractivity contribution in [2.24, 2.45) is 12.0 Å². The molecular weight excluding hydrogens is 411 g/mol. The maximum Gasteiger partial charge on any atom is 0.249 e. The predicted molar refractivity (Wildman–Crippen MR) is 104 cm³/mol. The summed E-state index contributed by atoms with van der Waals surface area (Å²) in [5.41, 5.74) is 1.89. The number of hydrogen-bond donors (Lipinski definition) is 0. The molecule has 0 bridgehead atoms. The molecule has 27 heavy (non-hydrogen) atoms. The normalized spacial score (nSPS) is 12.7. The highest BCUT2D eigenvalue weighted by Gasteiger charge is 2.17. The first-order valence-electron chi connectivity index (χ1n) is 7.99. The van der Waals surface area contributed by atoms with E-state index in [0.717, 1.165) is 27.9 Å². The molecule has 0 spiro atoms. The lowest BCUT2D eigenvalue weighted by Crippen LogP contribution is -2.16. The van der Waals surface area contributed by atoms with E-state index < -0.39 is 21.6 Å². The van der Waals surface area contributed by atoms with Gasteiger partial charge in [0.1, 0.15) is 5.82 Å². The number of fused-ring (bicyclic) bond motifs is 1. The summed E-state index contributed by atoms with van der Waals surface area (Å²) in [5.74, 6) is -1.44. The molecule has 0 aliphatic rings. The molecule has 1 aromatic heterocycles. The molecule has 142 valence electrons. The van der Waals surface area contributed by atoms with Crippen molar-refractivity contribution < 1.29 is 17.6 Å². The van der Waals surface area contributed by atoms with Crippen LogP contribution < -0.4 is 4.80 Å². The van der Waals surface area contributed by atoms with Gasteiger partial charge in [-0.3, -0.25) is 4.79 Å². The maximum absolute atomic E-state index is 12.9. The molecule has 3 aromatic rings. The van der Waals surface area contributed by atoms with Crippen LogP contribution in [0.3, 0.4) is 0 Å². The molecule has 0 saturated carbocycles. The molecule has 0 aliphatic heterocycles. The van der Waals surface area contributed by atoms with E-state index in [1.165, 1.54) is 23.5 Å². The Morgan fingerprint density at radius 1 is 1.26 bits per heavy atom. The topological polar surface area (TPSA) is 68.5 Å². The molecular formula is C18H16ClFN2O3S2. The van der Waals surface area contributed by atoms with Crippen LogP contribution in [0.2, 0.25) is 5.02 Å². The smallest absolute Gasteiger partial charge is 0.249 e. The van der Waals surface area contributed by atoms with E-state index >= 15 is 0 Å². The Morgan fingerprint density at radius 3 is 2.59 bits per heavy atom. The first-order valence-corrected chi connectivity index (χ1v) is 10.8. The lowest BCUT2D eigenvalue weighted by molar-refractivity contribution is -0.117. The fourth-order valence-corrected chi connectivity index (χ4v) is 5.44. The number of carbonyl (C=O) groups excluding carboxylic acids is 1. The zero-order valence-electron chi connectivity index (χ0n) is 14.6. The van der Waals surface area contributed by atoms with Crippen LogP contribution in [0.1, 0.15) is 12.0 Å². The average molecular weight is 427 g/mol. The fraction of sp³-hybridized carbons (Fsp3) is 0.222. The van der Waals surface area contributed by atoms with Crippen molar-refractivity contribution in [1.29, 1.82) is 0 Å². The molecule has 0 atom stereocenters. The summed E-state index contributed by atoms with van der Waals surface area (Å²) in [6, 6.07) is 8.15. The van der Waals surface area contributed by atoms with Crippen molar-refractivity contribution in [3.8, 4) is 0 Å². The van der Waals surface area contributed by atoms with Crippen molar-refractivity contribution in [1.82, 2.24) is 4.57 Å². The average Bonchev–Trinajstić information content (AvgIpc) is 2.89. The van der Waals surface area contributed by atoms with Crippen LogP contribution >= 0.6 is 22.9 Å². The molecule has 1 amide bonds. The number of thiazole rings is 1. The molecule has 0 saturated heterocycles. The van der Waals surface area contributed by atoms with Gasteiger partial charge in [-0.2, -0.15) is 4.99 Å². The number of aryl methyl sites for hydroxylation is 2. The SMILES string of the molecule is Cc1cc(Cl)cc2sc(=NC(=O)CCS(=O)(=O)c3ccc(F)cc3)n(C)c12. The van der Waals surface area contributed by atoms with Gasteiger partial charge in [0.2, 0.25) is 5.91 Å². The number of sulfone groups is 1. The van der Waals surface area contributed by atoms with Gasteiger partial charge in [0.05, 0.1) is 20.9 Å². The monoisotopic (exact) mass is 426 g/mol. The minimum absolute atomic E-state index is 0.0191. The zero-order chi connectivity index (χ0) is 19.8. The lowest BCUT2D eigenvalue weighted by atomic mass is 10.2. The summed E-state index contributed by atoms with van der Waals surface area (Å²) in [5, 5.41) is 0.602. The summed E-state index contributed by atoms with van der Waals surface area (Å²) in [6.07, 6.45) is -0.256. The second-order valence-electron chi connectivity index (χ2n) is 6.04. The van der Waals surface area contributed by atoms with Crippen LogP contribution in [0.5, 0.6) is 0 Å². The Hall–Kier alpha value is -2.03. The van der Waals surface area contributed by atoms with E-state index in [-0.39, 0.29) is 17.1 Å². The zero-order valence-corrected chi connectivity index (χ0v) is 17.0. The molecule has 5 nitrogen and oxygen atoms in total. The van der Waals surface area contributed by atoms with Crippen LogP contribution in [0.25, 0.3) is 10.2 Å². The van der Waals surface area contributed by atoms with Gasteiger partial charge in [0.25, 0.3) is 0 Å². The van der Waals surface area contributed by atoms with Gasteiger partial charge in [0, 0.05) is 18.5 Å². The Morgan fingerprint density at radius 2 is 1.93 bits per heavy atom. The molecule has 0 aliphatic carbocycles. The Labute approximate surface area is 164 Å². The van der Waals surface area contributed by atoms with Gasteiger partial charge in [-0.25, -0.2) is 12.8 Å². The number of hydrogen-bond acceptors (Lipinski definition) is 4. The van der Waals surface area contributed by atoms with Crippen LogP contribution in [-0.4, -0.2) is 24.6 Å². The van der Waals surface area contributed by atoms with E-state index in [1.807, 2.05) is 13.0 Å². The standard InChI is InChI=1S/C18H16ClFN2O3S2/c1-11-9-12(19)10-15-17(11)22(2)18(26-15)21-16(23)7-8-27(24,25)14-5-3-13(20)4-6-14/h3-6,9-10H,7-8H2,1-2H3. The van der Waals surface area contributed by atoms with Crippen molar-refractivity contribution in [2.75, 3.05) is 5.75 Å². The summed E-state index contributed by atoms with van der Waals surface area (Å²) >= 11 is 7.38. The molecule has 0 fully saturated rings. The fourth-order valence-electron chi connectivity index (χ4n) is 2.72. The van der Waals surface area contributed by atoms with Crippen LogP contribution in [0.4, 0.5) is 4.39 Å². The van der Waals surface area contributed by atoms with Crippen LogP contribution in [-0.2, 0) is 21.7 Å². The minimum Gasteiger partial charge on any atom is -0.319 e. The third-order valence-electron chi connectivity index (χ3n) is 4.03. The highest BCUT2D eigenvalue weighted by Crippen LogP contribution is 2.25. The van der Waals surface area contributed by atoms with E-state index in [1.54, 1.807) is 17.7 Å². The summed E-state index contributed by atoms with van der Waals surface area (Å²) in [4.78, 5) is 16.7. The number of halogens is 2. The van der Waals surface area contributed by atoms with Gasteiger partial charge in [-0.15, -0.1) is 0 Å². The summed E-state index contributed by atoms with van der Waals surface area (Å²) in [7, 11) is -1.89. The summed E-state index contributed by atoms with van der Waals surface area (Å²) in [6.45, 7) is 1.92. The number of carbonyl (C=O) groups is 1. The number of rotatable bonds is 4. The van der Waals surface area contributed by atoms with E-state index in [4.69, 9.17) is 11.6 Å². The molecule has 0 radical (unpaired) electrons. The van der Waals surface area contributed by atoms with Gasteiger partial charge < -0.3 is 4.57 Å². The van der Waals surface area contributed by atoms with Crippen molar-refractivity contribution >= 4 is 48.9 Å². The molecule has 3 rings (SSSR count). The number of nitrogens with zero attached hydrogens (tertiary/aromatic N) is 2. The molecule has 1 heterocycles. The van der Waals surface area contributed by atoms with Gasteiger partial charge in [0.15, 0.2) is 14.6 Å². The third-order valence-corrected chi connectivity index (χ3v) is 7.06. The van der Waals surface area contributed by atoms with Crippen molar-refractivity contribution in [2.45, 2.75) is 18.2 Å². The summed E-state index contributed by atoms with van der Waals surface area (Å²) < 4.78 is 40.1. The molecule has 0 unspecified atom stereocenters. The molecule has 2 aromatic carbocycles. The lowest BCUT2D eigenvalue weighted by Gasteiger charge is -2.03. The van der Waals surface area contributed by atoms with Gasteiger partial charge in [-0.1, -0.05) is 22.9 Å². The highest BCUT2D eigenvalue weighted by molar-refractivity contribution is 7.91. The largest absolute Gasteiger partial charge is 0.319 e. The molecule has 9 heteroatoms. The van der Waals surface area contributed by atoms with E-state index in [9.17, 15) is 17.6 Å². The predicted octanol–water partition coefficient (Wildman–Crippen LogP) is 3.63. The Bertz CT molecular complexity index is 1200.